The van der Waals surface area contributed by atoms with Crippen molar-refractivity contribution in [3.8, 4) is 6.07 Å². The van der Waals surface area contributed by atoms with Gasteiger partial charge in [0.25, 0.3) is 0 Å². The molecule has 1 aromatic rings. The molecule has 7 heteroatoms. The lowest BCUT2D eigenvalue weighted by Gasteiger charge is -2.13. The van der Waals surface area contributed by atoms with Crippen LogP contribution in [0.5, 0.6) is 0 Å². The number of nitriles is 1. The van der Waals surface area contributed by atoms with Crippen molar-refractivity contribution in [2.75, 3.05) is 13.6 Å². The molecule has 0 radical (unpaired) electrons. The first-order chi connectivity index (χ1) is 7.32. The van der Waals surface area contributed by atoms with Crippen LogP contribution in [0.4, 0.5) is 0 Å². The van der Waals surface area contributed by atoms with Gasteiger partial charge in [-0.05, 0) is 13.8 Å². The van der Waals surface area contributed by atoms with Gasteiger partial charge in [0.2, 0.25) is 10.0 Å². The molecular weight excluding hydrogens is 228 g/mol. The highest BCUT2D eigenvalue weighted by Gasteiger charge is 2.27. The number of aromatic nitrogens is 2. The Labute approximate surface area is 95.1 Å². The molecule has 88 valence electrons. The summed E-state index contributed by atoms with van der Waals surface area (Å²) in [4.78, 5) is 0.188. The van der Waals surface area contributed by atoms with Gasteiger partial charge in [-0.3, -0.25) is 4.68 Å². The average molecular weight is 242 g/mol. The first kappa shape index (κ1) is 12.7. The maximum absolute atomic E-state index is 12.1. The average Bonchev–Trinajstić information content (AvgIpc) is 2.41. The molecule has 0 saturated carbocycles. The zero-order valence-corrected chi connectivity index (χ0v) is 10.5. The minimum Gasteiger partial charge on any atom is -0.271 e. The molecule has 0 unspecified atom stereocenters. The summed E-state index contributed by atoms with van der Waals surface area (Å²) in [5.41, 5.74) is 1.02. The van der Waals surface area contributed by atoms with Crippen molar-refractivity contribution < 1.29 is 8.42 Å². The SMILES string of the molecule is Cc1nn(C)c(C)c1S(=O)(=O)N(C)CC#N. The lowest BCUT2D eigenvalue weighted by Crippen LogP contribution is -2.28. The minimum atomic E-state index is -3.61. The standard InChI is InChI=1S/C9H14N4O2S/c1-7-9(8(2)13(4)11-7)16(14,15)12(3)6-5-10/h6H2,1-4H3. The van der Waals surface area contributed by atoms with Crippen molar-refractivity contribution in [1.82, 2.24) is 14.1 Å². The van der Waals surface area contributed by atoms with E-state index in [0.29, 0.717) is 11.4 Å². The van der Waals surface area contributed by atoms with E-state index < -0.39 is 10.0 Å². The van der Waals surface area contributed by atoms with Gasteiger partial charge >= 0.3 is 0 Å². The number of aryl methyl sites for hydroxylation is 2. The normalized spacial score (nSPS) is 11.8. The van der Waals surface area contributed by atoms with Crippen molar-refractivity contribution in [2.24, 2.45) is 7.05 Å². The summed E-state index contributed by atoms with van der Waals surface area (Å²) in [5, 5.41) is 12.6. The molecule has 0 aliphatic rings. The summed E-state index contributed by atoms with van der Waals surface area (Å²) in [7, 11) is -0.549. The fraction of sp³-hybridized carbons (Fsp3) is 0.556. The highest BCUT2D eigenvalue weighted by molar-refractivity contribution is 7.89. The van der Waals surface area contributed by atoms with E-state index in [-0.39, 0.29) is 11.4 Å². The zero-order valence-electron chi connectivity index (χ0n) is 9.72. The lowest BCUT2D eigenvalue weighted by molar-refractivity contribution is 0.500. The molecule has 6 nitrogen and oxygen atoms in total. The first-order valence-corrected chi connectivity index (χ1v) is 6.10. The molecule has 0 spiro atoms. The van der Waals surface area contributed by atoms with E-state index in [1.165, 1.54) is 11.7 Å². The van der Waals surface area contributed by atoms with Crippen LogP contribution >= 0.6 is 0 Å². The van der Waals surface area contributed by atoms with E-state index in [1.54, 1.807) is 20.9 Å². The second-order valence-electron chi connectivity index (χ2n) is 3.54. The number of nitrogens with zero attached hydrogens (tertiary/aromatic N) is 4. The Bertz CT molecular complexity index is 539. The van der Waals surface area contributed by atoms with Crippen molar-refractivity contribution in [3.63, 3.8) is 0 Å². The predicted molar refractivity (Wildman–Crippen MR) is 58.1 cm³/mol. The second-order valence-corrected chi connectivity index (χ2v) is 5.52. The number of hydrogen-bond acceptors (Lipinski definition) is 4. The molecule has 0 bridgehead atoms. The van der Waals surface area contributed by atoms with Crippen LogP contribution in [0, 0.1) is 25.2 Å². The Balaban J connectivity index is 3.34. The van der Waals surface area contributed by atoms with E-state index in [4.69, 9.17) is 5.26 Å². The van der Waals surface area contributed by atoms with Crippen LogP contribution in [-0.4, -0.2) is 36.1 Å². The van der Waals surface area contributed by atoms with E-state index in [0.717, 1.165) is 4.31 Å². The van der Waals surface area contributed by atoms with E-state index >= 15 is 0 Å². The summed E-state index contributed by atoms with van der Waals surface area (Å²) in [6, 6.07) is 1.81. The second kappa shape index (κ2) is 4.23. The molecule has 0 saturated heterocycles. The highest BCUT2D eigenvalue weighted by Crippen LogP contribution is 2.21. The summed E-state index contributed by atoms with van der Waals surface area (Å²) < 4.78 is 26.7. The maximum atomic E-state index is 12.1. The Kier molecular flexibility index (Phi) is 3.35. The van der Waals surface area contributed by atoms with Crippen LogP contribution < -0.4 is 0 Å². The number of rotatable bonds is 3. The van der Waals surface area contributed by atoms with Gasteiger partial charge in [0.05, 0.1) is 17.5 Å². The predicted octanol–water partition coefficient (Wildman–Crippen LogP) is 0.181. The molecule has 0 fully saturated rings. The van der Waals surface area contributed by atoms with Crippen molar-refractivity contribution in [2.45, 2.75) is 18.7 Å². The Morgan fingerprint density at radius 2 is 2.06 bits per heavy atom. The molecule has 16 heavy (non-hydrogen) atoms. The van der Waals surface area contributed by atoms with Gasteiger partial charge in [0.1, 0.15) is 11.4 Å². The van der Waals surface area contributed by atoms with Crippen molar-refractivity contribution >= 4 is 10.0 Å². The molecular formula is C9H14N4O2S. The summed E-state index contributed by atoms with van der Waals surface area (Å²) >= 11 is 0. The van der Waals surface area contributed by atoms with Crippen LogP contribution in [0.3, 0.4) is 0 Å². The van der Waals surface area contributed by atoms with E-state index in [9.17, 15) is 8.42 Å². The monoisotopic (exact) mass is 242 g/mol. The molecule has 1 rings (SSSR count). The Morgan fingerprint density at radius 3 is 2.44 bits per heavy atom. The minimum absolute atomic E-state index is 0.171. The van der Waals surface area contributed by atoms with Crippen LogP contribution in [0.2, 0.25) is 0 Å². The van der Waals surface area contributed by atoms with Crippen molar-refractivity contribution in [1.29, 1.82) is 5.26 Å². The largest absolute Gasteiger partial charge is 0.271 e. The van der Waals surface area contributed by atoms with Gasteiger partial charge in [0.15, 0.2) is 0 Å². The summed E-state index contributed by atoms with van der Waals surface area (Å²) in [6.45, 7) is 3.16. The van der Waals surface area contributed by atoms with E-state index in [2.05, 4.69) is 5.10 Å². The fourth-order valence-electron chi connectivity index (χ4n) is 1.47. The smallest absolute Gasteiger partial charge is 0.247 e. The molecule has 0 atom stereocenters. The summed E-state index contributed by atoms with van der Waals surface area (Å²) in [6.07, 6.45) is 0. The quantitative estimate of drug-likeness (QED) is 0.708. The number of sulfonamides is 1. The topological polar surface area (TPSA) is 79.0 Å². The number of hydrogen-bond donors (Lipinski definition) is 0. The molecule has 1 aromatic heterocycles. The zero-order chi connectivity index (χ0) is 12.5. The molecule has 0 aromatic carbocycles. The third kappa shape index (κ3) is 1.94. The van der Waals surface area contributed by atoms with Gasteiger partial charge < -0.3 is 0 Å². The van der Waals surface area contributed by atoms with Crippen LogP contribution in [0.15, 0.2) is 4.90 Å². The lowest BCUT2D eigenvalue weighted by atomic mass is 10.4. The van der Waals surface area contributed by atoms with Gasteiger partial charge in [-0.2, -0.15) is 14.7 Å². The Hall–Kier alpha value is -1.39. The third-order valence-electron chi connectivity index (χ3n) is 2.40. The molecule has 0 amide bonds. The third-order valence-corrected chi connectivity index (χ3v) is 4.46. The Morgan fingerprint density at radius 1 is 1.50 bits per heavy atom. The van der Waals surface area contributed by atoms with Gasteiger partial charge in [-0.25, -0.2) is 8.42 Å². The first-order valence-electron chi connectivity index (χ1n) is 4.66. The molecule has 0 aliphatic carbocycles. The van der Waals surface area contributed by atoms with Crippen LogP contribution in [-0.2, 0) is 17.1 Å². The summed E-state index contributed by atoms with van der Waals surface area (Å²) in [5.74, 6) is 0. The van der Waals surface area contributed by atoms with Crippen LogP contribution in [0.1, 0.15) is 11.4 Å². The van der Waals surface area contributed by atoms with Crippen molar-refractivity contribution in [3.05, 3.63) is 11.4 Å². The van der Waals surface area contributed by atoms with Gasteiger partial charge in [0, 0.05) is 14.1 Å². The highest BCUT2D eigenvalue weighted by atomic mass is 32.2. The van der Waals surface area contributed by atoms with Gasteiger partial charge in [-0.15, -0.1) is 0 Å². The maximum Gasteiger partial charge on any atom is 0.247 e. The van der Waals surface area contributed by atoms with Crippen LogP contribution in [0.25, 0.3) is 0 Å². The fourth-order valence-corrected chi connectivity index (χ4v) is 2.93. The molecule has 1 heterocycles. The molecule has 0 aliphatic heterocycles. The molecule has 0 N–H and O–H groups in total. The van der Waals surface area contributed by atoms with Gasteiger partial charge in [-0.1, -0.05) is 0 Å². The van der Waals surface area contributed by atoms with E-state index in [1.807, 2.05) is 6.07 Å².